The lowest BCUT2D eigenvalue weighted by Crippen LogP contribution is -2.35. The van der Waals surface area contributed by atoms with E-state index in [-0.39, 0.29) is 11.4 Å². The summed E-state index contributed by atoms with van der Waals surface area (Å²) in [7, 11) is -2.35. The lowest BCUT2D eigenvalue weighted by Gasteiger charge is -2.15. The molecule has 18 heavy (non-hydrogen) atoms. The van der Waals surface area contributed by atoms with E-state index in [9.17, 15) is 13.2 Å². The minimum Gasteiger partial charge on any atom is -0.369 e. The predicted molar refractivity (Wildman–Crippen MR) is 69.9 cm³/mol. The summed E-state index contributed by atoms with van der Waals surface area (Å²) >= 11 is 5.60. The highest BCUT2D eigenvalue weighted by Crippen LogP contribution is 2.15. The average molecular weight is 291 g/mol. The van der Waals surface area contributed by atoms with Crippen molar-refractivity contribution < 1.29 is 13.2 Å². The van der Waals surface area contributed by atoms with Crippen molar-refractivity contribution in [1.82, 2.24) is 4.31 Å². The van der Waals surface area contributed by atoms with E-state index in [1.165, 1.54) is 19.2 Å². The first-order valence-corrected chi connectivity index (χ1v) is 7.25. The summed E-state index contributed by atoms with van der Waals surface area (Å²) in [6.07, 6.45) is 0.680. The molecule has 0 radical (unpaired) electrons. The molecule has 0 aliphatic heterocycles. The second kappa shape index (κ2) is 6.17. The molecule has 1 aromatic carbocycles. The number of likely N-dealkylation sites (N-methyl/N-ethyl adjacent to an activating group) is 1. The maximum Gasteiger partial charge on any atom is 0.243 e. The Labute approximate surface area is 112 Å². The Morgan fingerprint density at radius 2 is 1.89 bits per heavy atom. The van der Waals surface area contributed by atoms with E-state index in [1.807, 2.05) is 0 Å². The van der Waals surface area contributed by atoms with Crippen LogP contribution in [-0.4, -0.2) is 38.1 Å². The topological polar surface area (TPSA) is 80.5 Å². The number of nitrogens with zero attached hydrogens (tertiary/aromatic N) is 1. The molecule has 0 unspecified atom stereocenters. The minimum absolute atomic E-state index is 0.129. The quantitative estimate of drug-likeness (QED) is 0.778. The van der Waals surface area contributed by atoms with Gasteiger partial charge in [0.05, 0.1) is 11.4 Å². The van der Waals surface area contributed by atoms with Gasteiger partial charge in [0.15, 0.2) is 0 Å². The second-order valence-corrected chi connectivity index (χ2v) is 6.23. The Morgan fingerprint density at radius 1 is 1.33 bits per heavy atom. The maximum atomic E-state index is 12.0. The molecule has 0 heterocycles. The number of rotatable bonds is 6. The number of carbonyl (C=O) groups is 1. The minimum atomic E-state index is -3.67. The first-order chi connectivity index (χ1) is 8.37. The number of primary amides is 1. The van der Waals surface area contributed by atoms with Gasteiger partial charge in [-0.3, -0.25) is 4.79 Å². The fraction of sp³-hybridized carbons (Fsp3) is 0.364. The molecule has 0 atom stereocenters. The number of aryl methyl sites for hydroxylation is 1. The standard InChI is InChI=1S/C11H15ClN2O3S/c1-14(8-11(13)15)18(16,17)10-4-2-9(3-5-10)6-7-12/h2-5H,6-8H2,1H3,(H2,13,15). The first kappa shape index (κ1) is 14.9. The number of halogens is 1. The zero-order chi connectivity index (χ0) is 13.8. The zero-order valence-corrected chi connectivity index (χ0v) is 11.5. The summed E-state index contributed by atoms with van der Waals surface area (Å²) in [6, 6.07) is 6.39. The number of sulfonamides is 1. The monoisotopic (exact) mass is 290 g/mol. The molecule has 0 saturated heterocycles. The highest BCUT2D eigenvalue weighted by atomic mass is 35.5. The molecule has 100 valence electrons. The van der Waals surface area contributed by atoms with Crippen molar-refractivity contribution in [2.75, 3.05) is 19.5 Å². The van der Waals surface area contributed by atoms with E-state index in [4.69, 9.17) is 17.3 Å². The molecule has 5 nitrogen and oxygen atoms in total. The SMILES string of the molecule is CN(CC(N)=O)S(=O)(=O)c1ccc(CCCl)cc1. The van der Waals surface area contributed by atoms with Crippen molar-refractivity contribution in [1.29, 1.82) is 0 Å². The molecule has 0 aromatic heterocycles. The van der Waals surface area contributed by atoms with Gasteiger partial charge in [-0.25, -0.2) is 8.42 Å². The number of amides is 1. The normalized spacial score (nSPS) is 11.7. The van der Waals surface area contributed by atoms with Crippen LogP contribution in [0, 0.1) is 0 Å². The predicted octanol–water partition coefficient (Wildman–Crippen LogP) is 0.574. The van der Waals surface area contributed by atoms with Crippen LogP contribution in [0.25, 0.3) is 0 Å². The molecular formula is C11H15ClN2O3S. The van der Waals surface area contributed by atoms with E-state index >= 15 is 0 Å². The zero-order valence-electron chi connectivity index (χ0n) is 9.97. The third-order valence-electron chi connectivity index (χ3n) is 2.39. The molecule has 0 fully saturated rings. The smallest absolute Gasteiger partial charge is 0.243 e. The Bertz CT molecular complexity index is 514. The summed E-state index contributed by atoms with van der Waals surface area (Å²) < 4.78 is 25.0. The van der Waals surface area contributed by atoms with Gasteiger partial charge in [-0.05, 0) is 24.1 Å². The Hall–Kier alpha value is -1.11. The summed E-state index contributed by atoms with van der Waals surface area (Å²) in [5.74, 6) is -0.215. The molecule has 0 bridgehead atoms. The van der Waals surface area contributed by atoms with Crippen LogP contribution in [0.3, 0.4) is 0 Å². The Kier molecular flexibility index (Phi) is 5.13. The Morgan fingerprint density at radius 3 is 2.33 bits per heavy atom. The second-order valence-electron chi connectivity index (χ2n) is 3.81. The van der Waals surface area contributed by atoms with Crippen molar-refractivity contribution in [2.24, 2.45) is 5.73 Å². The van der Waals surface area contributed by atoms with Crippen LogP contribution in [0.4, 0.5) is 0 Å². The van der Waals surface area contributed by atoms with Crippen molar-refractivity contribution in [3.05, 3.63) is 29.8 Å². The van der Waals surface area contributed by atoms with E-state index < -0.39 is 15.9 Å². The van der Waals surface area contributed by atoms with Gasteiger partial charge < -0.3 is 5.73 Å². The molecule has 1 amide bonds. The van der Waals surface area contributed by atoms with Crippen LogP contribution >= 0.6 is 11.6 Å². The highest BCUT2D eigenvalue weighted by Gasteiger charge is 2.21. The van der Waals surface area contributed by atoms with Crippen molar-refractivity contribution in [3.8, 4) is 0 Å². The van der Waals surface area contributed by atoms with Gasteiger partial charge in [0, 0.05) is 12.9 Å². The fourth-order valence-electron chi connectivity index (χ4n) is 1.42. The van der Waals surface area contributed by atoms with Gasteiger partial charge in [-0.15, -0.1) is 11.6 Å². The molecule has 7 heteroatoms. The molecule has 1 rings (SSSR count). The van der Waals surface area contributed by atoms with Gasteiger partial charge in [-0.1, -0.05) is 12.1 Å². The summed E-state index contributed by atoms with van der Waals surface area (Å²) in [4.78, 5) is 10.9. The van der Waals surface area contributed by atoms with Gasteiger partial charge >= 0.3 is 0 Å². The number of benzene rings is 1. The van der Waals surface area contributed by atoms with Gasteiger partial charge in [0.1, 0.15) is 0 Å². The molecular weight excluding hydrogens is 276 g/mol. The summed E-state index contributed by atoms with van der Waals surface area (Å²) in [5, 5.41) is 0. The number of hydrogen-bond acceptors (Lipinski definition) is 3. The molecule has 0 saturated carbocycles. The lowest BCUT2D eigenvalue weighted by atomic mass is 10.2. The number of alkyl halides is 1. The van der Waals surface area contributed by atoms with Crippen LogP contribution in [0.15, 0.2) is 29.2 Å². The first-order valence-electron chi connectivity index (χ1n) is 5.27. The molecule has 1 aromatic rings. The van der Waals surface area contributed by atoms with Crippen LogP contribution in [0.5, 0.6) is 0 Å². The third-order valence-corrected chi connectivity index (χ3v) is 4.40. The van der Waals surface area contributed by atoms with E-state index in [1.54, 1.807) is 12.1 Å². The van der Waals surface area contributed by atoms with Gasteiger partial charge in [-0.2, -0.15) is 4.31 Å². The van der Waals surface area contributed by atoms with Crippen molar-refractivity contribution in [3.63, 3.8) is 0 Å². The van der Waals surface area contributed by atoms with Crippen molar-refractivity contribution in [2.45, 2.75) is 11.3 Å². The molecule has 2 N–H and O–H groups in total. The molecule has 0 aliphatic rings. The van der Waals surface area contributed by atoms with Crippen LogP contribution < -0.4 is 5.73 Å². The lowest BCUT2D eigenvalue weighted by molar-refractivity contribution is -0.118. The van der Waals surface area contributed by atoms with Gasteiger partial charge in [0.2, 0.25) is 15.9 Å². The molecule has 0 spiro atoms. The third kappa shape index (κ3) is 3.69. The van der Waals surface area contributed by atoms with Crippen molar-refractivity contribution >= 4 is 27.5 Å². The maximum absolute atomic E-state index is 12.0. The Balaban J connectivity index is 2.94. The number of carbonyl (C=O) groups excluding carboxylic acids is 1. The average Bonchev–Trinajstić information content (AvgIpc) is 2.29. The highest BCUT2D eigenvalue weighted by molar-refractivity contribution is 7.89. The summed E-state index contributed by atoms with van der Waals surface area (Å²) in [5.41, 5.74) is 5.93. The van der Waals surface area contributed by atoms with E-state index in [2.05, 4.69) is 0 Å². The van der Waals surface area contributed by atoms with E-state index in [0.29, 0.717) is 12.3 Å². The van der Waals surface area contributed by atoms with Crippen LogP contribution in [-0.2, 0) is 21.2 Å². The largest absolute Gasteiger partial charge is 0.369 e. The van der Waals surface area contributed by atoms with Gasteiger partial charge in [0.25, 0.3) is 0 Å². The van der Waals surface area contributed by atoms with Crippen LogP contribution in [0.1, 0.15) is 5.56 Å². The van der Waals surface area contributed by atoms with E-state index in [0.717, 1.165) is 9.87 Å². The number of nitrogens with two attached hydrogens (primary N) is 1. The molecule has 0 aliphatic carbocycles. The summed E-state index contributed by atoms with van der Waals surface area (Å²) in [6.45, 7) is -0.342. The fourth-order valence-corrected chi connectivity index (χ4v) is 2.78. The number of hydrogen-bond donors (Lipinski definition) is 1. The van der Waals surface area contributed by atoms with Crippen LogP contribution in [0.2, 0.25) is 0 Å².